The van der Waals surface area contributed by atoms with Gasteiger partial charge in [-0.1, -0.05) is 0 Å². The highest BCUT2D eigenvalue weighted by Crippen LogP contribution is 2.31. The molecule has 1 aliphatic carbocycles. The highest BCUT2D eigenvalue weighted by Gasteiger charge is 2.29. The molecule has 1 heterocycles. The van der Waals surface area contributed by atoms with E-state index in [1.165, 1.54) is 37.4 Å². The summed E-state index contributed by atoms with van der Waals surface area (Å²) < 4.78 is 25.2. The van der Waals surface area contributed by atoms with Crippen molar-refractivity contribution in [3.05, 3.63) is 18.3 Å². The Labute approximate surface area is 120 Å². The van der Waals surface area contributed by atoms with Gasteiger partial charge < -0.3 is 10.6 Å². The Balaban J connectivity index is 2.18. The fourth-order valence-corrected chi connectivity index (χ4v) is 2.89. The first-order valence-corrected chi connectivity index (χ1v) is 8.26. The van der Waals surface area contributed by atoms with Gasteiger partial charge in [-0.3, -0.25) is 0 Å². The minimum absolute atomic E-state index is 0.223. The molecule has 1 aliphatic rings. The summed E-state index contributed by atoms with van der Waals surface area (Å²) in [5.74, 6) is 0.832. The summed E-state index contributed by atoms with van der Waals surface area (Å²) in [6, 6.07) is 3.94. The van der Waals surface area contributed by atoms with Crippen LogP contribution in [-0.2, 0) is 10.0 Å². The quantitative estimate of drug-likeness (QED) is 0.799. The molecule has 1 aromatic heterocycles. The van der Waals surface area contributed by atoms with Crippen molar-refractivity contribution in [2.45, 2.75) is 30.2 Å². The Kier molecular flexibility index (Phi) is 4.62. The summed E-state index contributed by atoms with van der Waals surface area (Å²) in [5.41, 5.74) is 5.56. The molecular formula is C13H22N4O2S. The molecule has 0 saturated heterocycles. The van der Waals surface area contributed by atoms with Gasteiger partial charge in [-0.2, -0.15) is 0 Å². The van der Waals surface area contributed by atoms with Crippen molar-refractivity contribution < 1.29 is 8.42 Å². The minimum Gasteiger partial charge on any atom is -0.354 e. The molecule has 0 aliphatic heterocycles. The highest BCUT2D eigenvalue weighted by atomic mass is 32.2. The Morgan fingerprint density at radius 1 is 1.35 bits per heavy atom. The van der Waals surface area contributed by atoms with Crippen LogP contribution in [0.4, 0.5) is 5.82 Å². The lowest BCUT2D eigenvalue weighted by atomic mass is 10.3. The topological polar surface area (TPSA) is 79.5 Å². The third-order valence-electron chi connectivity index (χ3n) is 3.38. The van der Waals surface area contributed by atoms with Crippen molar-refractivity contribution >= 4 is 15.8 Å². The van der Waals surface area contributed by atoms with Crippen molar-refractivity contribution in [1.29, 1.82) is 0 Å². The molecule has 7 heteroatoms. The molecule has 0 aromatic carbocycles. The standard InChI is InChI=1S/C13H22N4O2S/c1-16(2)20(18,19)12-6-7-13(15-10-12)17(9-3-8-14)11-4-5-11/h6-7,10-11H,3-5,8-9,14H2,1-2H3. The summed E-state index contributed by atoms with van der Waals surface area (Å²) in [6.07, 6.45) is 4.69. The van der Waals surface area contributed by atoms with Gasteiger partial charge in [-0.05, 0) is 37.9 Å². The lowest BCUT2D eigenvalue weighted by molar-refractivity contribution is 0.520. The van der Waals surface area contributed by atoms with Crippen LogP contribution in [0.25, 0.3) is 0 Å². The second-order valence-corrected chi connectivity index (χ2v) is 7.36. The number of nitrogens with two attached hydrogens (primary N) is 1. The lowest BCUT2D eigenvalue weighted by Gasteiger charge is -2.23. The summed E-state index contributed by atoms with van der Waals surface area (Å²) >= 11 is 0. The van der Waals surface area contributed by atoms with Crippen LogP contribution in [0.1, 0.15) is 19.3 Å². The van der Waals surface area contributed by atoms with Crippen molar-refractivity contribution in [3.63, 3.8) is 0 Å². The zero-order chi connectivity index (χ0) is 14.8. The Hall–Kier alpha value is -1.18. The molecule has 6 nitrogen and oxygen atoms in total. The minimum atomic E-state index is -3.41. The second kappa shape index (κ2) is 6.07. The Bertz CT molecular complexity index is 538. The van der Waals surface area contributed by atoms with E-state index in [9.17, 15) is 8.42 Å². The van der Waals surface area contributed by atoms with Crippen LogP contribution in [0.15, 0.2) is 23.2 Å². The lowest BCUT2D eigenvalue weighted by Crippen LogP contribution is -2.29. The van der Waals surface area contributed by atoms with E-state index in [1.54, 1.807) is 12.1 Å². The normalized spacial score (nSPS) is 15.6. The van der Waals surface area contributed by atoms with Crippen LogP contribution in [-0.4, -0.2) is 50.9 Å². The van der Waals surface area contributed by atoms with Gasteiger partial charge >= 0.3 is 0 Å². The maximum Gasteiger partial charge on any atom is 0.244 e. The van der Waals surface area contributed by atoms with Gasteiger partial charge in [0, 0.05) is 32.9 Å². The van der Waals surface area contributed by atoms with Crippen LogP contribution in [0.3, 0.4) is 0 Å². The molecule has 2 rings (SSSR count). The first-order valence-electron chi connectivity index (χ1n) is 6.82. The summed E-state index contributed by atoms with van der Waals surface area (Å²) in [5, 5.41) is 0. The molecule has 0 radical (unpaired) electrons. The number of nitrogens with zero attached hydrogens (tertiary/aromatic N) is 3. The van der Waals surface area contributed by atoms with Crippen molar-refractivity contribution in [2.24, 2.45) is 5.73 Å². The van der Waals surface area contributed by atoms with Crippen molar-refractivity contribution in [1.82, 2.24) is 9.29 Å². The molecule has 20 heavy (non-hydrogen) atoms. The Morgan fingerprint density at radius 2 is 2.05 bits per heavy atom. The Morgan fingerprint density at radius 3 is 2.50 bits per heavy atom. The van der Waals surface area contributed by atoms with Gasteiger partial charge in [-0.15, -0.1) is 0 Å². The van der Waals surface area contributed by atoms with E-state index >= 15 is 0 Å². The van der Waals surface area contributed by atoms with E-state index in [-0.39, 0.29) is 4.90 Å². The number of anilines is 1. The molecule has 1 saturated carbocycles. The molecule has 112 valence electrons. The third-order valence-corrected chi connectivity index (χ3v) is 5.18. The molecule has 0 atom stereocenters. The van der Waals surface area contributed by atoms with Gasteiger partial charge in [0.05, 0.1) is 0 Å². The van der Waals surface area contributed by atoms with Crippen molar-refractivity contribution in [3.8, 4) is 0 Å². The van der Waals surface area contributed by atoms with E-state index in [4.69, 9.17) is 5.73 Å². The molecule has 0 unspecified atom stereocenters. The molecule has 0 bridgehead atoms. The zero-order valence-electron chi connectivity index (χ0n) is 12.0. The van der Waals surface area contributed by atoms with Gasteiger partial charge in [0.2, 0.25) is 10.0 Å². The molecule has 1 aromatic rings. The molecule has 2 N–H and O–H groups in total. The summed E-state index contributed by atoms with van der Waals surface area (Å²) in [4.78, 5) is 6.77. The predicted octanol–water partition coefficient (Wildman–Crippen LogP) is 0.650. The SMILES string of the molecule is CN(C)S(=O)(=O)c1ccc(N(CCCN)C2CC2)nc1. The van der Waals surface area contributed by atoms with Gasteiger partial charge in [-0.25, -0.2) is 17.7 Å². The van der Waals surface area contributed by atoms with Gasteiger partial charge in [0.15, 0.2) is 0 Å². The number of hydrogen-bond acceptors (Lipinski definition) is 5. The van der Waals surface area contributed by atoms with E-state index in [0.29, 0.717) is 12.6 Å². The average molecular weight is 298 g/mol. The summed E-state index contributed by atoms with van der Waals surface area (Å²) in [6.45, 7) is 1.52. The van der Waals surface area contributed by atoms with Crippen molar-refractivity contribution in [2.75, 3.05) is 32.1 Å². The fourth-order valence-electron chi connectivity index (χ4n) is 2.04. The maximum absolute atomic E-state index is 12.0. The first-order chi connectivity index (χ1) is 9.46. The number of pyridine rings is 1. The number of sulfonamides is 1. The highest BCUT2D eigenvalue weighted by molar-refractivity contribution is 7.89. The first kappa shape index (κ1) is 15.2. The van der Waals surface area contributed by atoms with E-state index in [1.807, 2.05) is 0 Å². The van der Waals surface area contributed by atoms with Crippen LogP contribution < -0.4 is 10.6 Å². The smallest absolute Gasteiger partial charge is 0.244 e. The summed E-state index contributed by atoms with van der Waals surface area (Å²) in [7, 11) is -0.379. The number of hydrogen-bond donors (Lipinski definition) is 1. The second-order valence-electron chi connectivity index (χ2n) is 5.21. The third kappa shape index (κ3) is 3.28. The van der Waals surface area contributed by atoms with Crippen LogP contribution in [0.2, 0.25) is 0 Å². The molecule has 0 spiro atoms. The van der Waals surface area contributed by atoms with E-state index in [2.05, 4.69) is 9.88 Å². The van der Waals surface area contributed by atoms with Gasteiger partial charge in [0.1, 0.15) is 10.7 Å². The predicted molar refractivity (Wildman–Crippen MR) is 79.1 cm³/mol. The molecule has 0 amide bonds. The maximum atomic E-state index is 12.0. The molecular weight excluding hydrogens is 276 g/mol. The van der Waals surface area contributed by atoms with Crippen LogP contribution in [0.5, 0.6) is 0 Å². The largest absolute Gasteiger partial charge is 0.354 e. The number of rotatable bonds is 7. The fraction of sp³-hybridized carbons (Fsp3) is 0.615. The zero-order valence-corrected chi connectivity index (χ0v) is 12.8. The number of aromatic nitrogens is 1. The van der Waals surface area contributed by atoms with Crippen LogP contribution >= 0.6 is 0 Å². The van der Waals surface area contributed by atoms with E-state index in [0.717, 1.165) is 18.8 Å². The van der Waals surface area contributed by atoms with Crippen LogP contribution in [0, 0.1) is 0 Å². The monoisotopic (exact) mass is 298 g/mol. The molecule has 1 fully saturated rings. The average Bonchev–Trinajstić information content (AvgIpc) is 3.24. The van der Waals surface area contributed by atoms with E-state index < -0.39 is 10.0 Å². The van der Waals surface area contributed by atoms with Gasteiger partial charge in [0.25, 0.3) is 0 Å².